The smallest absolute Gasteiger partial charge is 0.321 e. The van der Waals surface area contributed by atoms with E-state index in [9.17, 15) is 9.59 Å². The zero-order valence-electron chi connectivity index (χ0n) is 17.5. The van der Waals surface area contributed by atoms with Gasteiger partial charge in [-0.3, -0.25) is 4.79 Å². The van der Waals surface area contributed by atoms with Gasteiger partial charge < -0.3 is 15.1 Å². The number of rotatable bonds is 4. The third kappa shape index (κ3) is 5.73. The maximum Gasteiger partial charge on any atom is 0.321 e. The molecule has 154 valence electrons. The van der Waals surface area contributed by atoms with Crippen molar-refractivity contribution in [1.82, 2.24) is 9.80 Å². The summed E-state index contributed by atoms with van der Waals surface area (Å²) in [6, 6.07) is 7.98. The molecule has 1 aromatic carbocycles. The van der Waals surface area contributed by atoms with Gasteiger partial charge in [-0.15, -0.1) is 0 Å². The second-order valence-electron chi connectivity index (χ2n) is 8.64. The Morgan fingerprint density at radius 2 is 1.57 bits per heavy atom. The predicted octanol–water partition coefficient (Wildman–Crippen LogP) is 4.85. The molecule has 0 bridgehead atoms. The summed E-state index contributed by atoms with van der Waals surface area (Å²) in [6.07, 6.45) is 7.78. The van der Waals surface area contributed by atoms with Crippen LogP contribution in [0.3, 0.4) is 0 Å². The van der Waals surface area contributed by atoms with Gasteiger partial charge in [0.2, 0.25) is 5.91 Å². The van der Waals surface area contributed by atoms with E-state index in [1.807, 2.05) is 21.9 Å². The van der Waals surface area contributed by atoms with Gasteiger partial charge in [-0.2, -0.15) is 0 Å². The average Bonchev–Trinajstić information content (AvgIpc) is 2.95. The maximum absolute atomic E-state index is 12.7. The highest BCUT2D eigenvalue weighted by molar-refractivity contribution is 5.89. The van der Waals surface area contributed by atoms with Gasteiger partial charge in [0, 0.05) is 38.3 Å². The van der Waals surface area contributed by atoms with E-state index in [1.165, 1.54) is 37.7 Å². The molecule has 1 saturated heterocycles. The van der Waals surface area contributed by atoms with Crippen molar-refractivity contribution in [2.75, 3.05) is 31.5 Å². The molecule has 1 aliphatic heterocycles. The van der Waals surface area contributed by atoms with Gasteiger partial charge in [0.1, 0.15) is 0 Å². The molecule has 3 amide bonds. The first-order chi connectivity index (χ1) is 13.5. The highest BCUT2D eigenvalue weighted by Gasteiger charge is 2.24. The molecule has 1 aliphatic carbocycles. The Bertz CT molecular complexity index is 650. The van der Waals surface area contributed by atoms with Crippen molar-refractivity contribution in [2.24, 2.45) is 5.92 Å². The topological polar surface area (TPSA) is 52.7 Å². The molecule has 0 atom stereocenters. The number of anilines is 1. The number of hydrogen-bond donors (Lipinski definition) is 1. The molecule has 0 radical (unpaired) electrons. The van der Waals surface area contributed by atoms with Gasteiger partial charge >= 0.3 is 6.03 Å². The summed E-state index contributed by atoms with van der Waals surface area (Å²) in [5, 5.41) is 3.00. The van der Waals surface area contributed by atoms with Crippen molar-refractivity contribution in [1.29, 1.82) is 0 Å². The summed E-state index contributed by atoms with van der Waals surface area (Å²) in [6.45, 7) is 7.03. The van der Waals surface area contributed by atoms with Crippen LogP contribution in [0.1, 0.15) is 70.3 Å². The fourth-order valence-corrected chi connectivity index (χ4v) is 4.29. The molecule has 2 fully saturated rings. The van der Waals surface area contributed by atoms with Crippen LogP contribution >= 0.6 is 0 Å². The Hall–Kier alpha value is -2.04. The fraction of sp³-hybridized carbons (Fsp3) is 0.652. The molecule has 0 spiro atoms. The highest BCUT2D eigenvalue weighted by atomic mass is 16.2. The summed E-state index contributed by atoms with van der Waals surface area (Å²) in [7, 11) is 0. The SMILES string of the molecule is CC(C)c1ccc(NC(=O)N2CCCN(C(=O)CC3CCCCC3)CC2)cc1. The van der Waals surface area contributed by atoms with Gasteiger partial charge in [-0.25, -0.2) is 4.79 Å². The molecule has 1 heterocycles. The number of hydrogen-bond acceptors (Lipinski definition) is 2. The van der Waals surface area contributed by atoms with E-state index in [1.54, 1.807) is 0 Å². The molecular formula is C23H35N3O2. The molecular weight excluding hydrogens is 350 g/mol. The zero-order valence-corrected chi connectivity index (χ0v) is 17.5. The standard InChI is InChI=1S/C23H35N3O2/c1-18(2)20-9-11-21(12-10-20)24-23(28)26-14-6-13-25(15-16-26)22(27)17-19-7-4-3-5-8-19/h9-12,18-19H,3-8,13-17H2,1-2H3,(H,24,28). The van der Waals surface area contributed by atoms with Crippen LogP contribution in [0.5, 0.6) is 0 Å². The van der Waals surface area contributed by atoms with Gasteiger partial charge in [0.15, 0.2) is 0 Å². The number of benzene rings is 1. The third-order valence-electron chi connectivity index (χ3n) is 6.15. The Balaban J connectivity index is 1.48. The predicted molar refractivity (Wildman–Crippen MR) is 114 cm³/mol. The van der Waals surface area contributed by atoms with Crippen LogP contribution in [-0.2, 0) is 4.79 Å². The van der Waals surface area contributed by atoms with Crippen molar-refractivity contribution >= 4 is 17.6 Å². The summed E-state index contributed by atoms with van der Waals surface area (Å²) in [4.78, 5) is 29.1. The summed E-state index contributed by atoms with van der Waals surface area (Å²) in [5.74, 6) is 1.32. The fourth-order valence-electron chi connectivity index (χ4n) is 4.29. The molecule has 1 aromatic rings. The zero-order chi connectivity index (χ0) is 19.9. The molecule has 5 heteroatoms. The Kier molecular flexibility index (Phi) is 7.35. The van der Waals surface area contributed by atoms with Crippen LogP contribution in [0, 0.1) is 5.92 Å². The van der Waals surface area contributed by atoms with E-state index in [0.717, 1.165) is 18.7 Å². The second-order valence-corrected chi connectivity index (χ2v) is 8.64. The van der Waals surface area contributed by atoms with Crippen LogP contribution in [0.15, 0.2) is 24.3 Å². The lowest BCUT2D eigenvalue weighted by Gasteiger charge is -2.26. The second kappa shape index (κ2) is 9.94. The number of nitrogens with zero attached hydrogens (tertiary/aromatic N) is 2. The van der Waals surface area contributed by atoms with Gasteiger partial charge in [-0.05, 0) is 48.8 Å². The summed E-state index contributed by atoms with van der Waals surface area (Å²) in [5.41, 5.74) is 2.09. The van der Waals surface area contributed by atoms with Crippen molar-refractivity contribution in [3.8, 4) is 0 Å². The van der Waals surface area contributed by atoms with Crippen LogP contribution < -0.4 is 5.32 Å². The van der Waals surface area contributed by atoms with Crippen LogP contribution in [-0.4, -0.2) is 47.9 Å². The number of urea groups is 1. The Morgan fingerprint density at radius 1 is 0.929 bits per heavy atom. The Labute approximate surface area is 169 Å². The molecule has 1 saturated carbocycles. The van der Waals surface area contributed by atoms with Crippen LogP contribution in [0.25, 0.3) is 0 Å². The lowest BCUT2D eigenvalue weighted by Crippen LogP contribution is -2.39. The van der Waals surface area contributed by atoms with E-state index >= 15 is 0 Å². The van der Waals surface area contributed by atoms with Crippen molar-refractivity contribution in [3.63, 3.8) is 0 Å². The van der Waals surface area contributed by atoms with E-state index in [2.05, 4.69) is 31.3 Å². The quantitative estimate of drug-likeness (QED) is 0.806. The minimum Gasteiger partial charge on any atom is -0.341 e. The minimum atomic E-state index is -0.0705. The lowest BCUT2D eigenvalue weighted by molar-refractivity contribution is -0.132. The third-order valence-corrected chi connectivity index (χ3v) is 6.15. The van der Waals surface area contributed by atoms with Crippen LogP contribution in [0.2, 0.25) is 0 Å². The number of amides is 3. The van der Waals surface area contributed by atoms with Crippen molar-refractivity contribution < 1.29 is 9.59 Å². The lowest BCUT2D eigenvalue weighted by atomic mass is 9.86. The van der Waals surface area contributed by atoms with Crippen molar-refractivity contribution in [2.45, 2.75) is 64.7 Å². The van der Waals surface area contributed by atoms with Crippen LogP contribution in [0.4, 0.5) is 10.5 Å². The first-order valence-electron chi connectivity index (χ1n) is 11.0. The van der Waals surface area contributed by atoms with Gasteiger partial charge in [0.05, 0.1) is 0 Å². The summed E-state index contributed by atoms with van der Waals surface area (Å²) >= 11 is 0. The largest absolute Gasteiger partial charge is 0.341 e. The van der Waals surface area contributed by atoms with Gasteiger partial charge in [-0.1, -0.05) is 45.2 Å². The molecule has 1 N–H and O–H groups in total. The first-order valence-corrected chi connectivity index (χ1v) is 11.0. The van der Waals surface area contributed by atoms with Gasteiger partial charge in [0.25, 0.3) is 0 Å². The molecule has 3 rings (SSSR count). The van der Waals surface area contributed by atoms with E-state index < -0.39 is 0 Å². The molecule has 2 aliphatic rings. The summed E-state index contributed by atoms with van der Waals surface area (Å²) < 4.78 is 0. The Morgan fingerprint density at radius 3 is 2.25 bits per heavy atom. The van der Waals surface area contributed by atoms with E-state index in [4.69, 9.17) is 0 Å². The maximum atomic E-state index is 12.7. The van der Waals surface area contributed by atoms with Crippen molar-refractivity contribution in [3.05, 3.63) is 29.8 Å². The number of nitrogens with one attached hydrogen (secondary N) is 1. The van der Waals surface area contributed by atoms with E-state index in [-0.39, 0.29) is 11.9 Å². The number of carbonyl (C=O) groups excluding carboxylic acids is 2. The molecule has 0 aromatic heterocycles. The molecule has 28 heavy (non-hydrogen) atoms. The first kappa shape index (κ1) is 20.7. The van der Waals surface area contributed by atoms with E-state index in [0.29, 0.717) is 37.9 Å². The monoisotopic (exact) mass is 385 g/mol. The highest BCUT2D eigenvalue weighted by Crippen LogP contribution is 2.27. The average molecular weight is 386 g/mol. The minimum absolute atomic E-state index is 0.0705. The molecule has 5 nitrogen and oxygen atoms in total. The number of carbonyl (C=O) groups is 2. The molecule has 0 unspecified atom stereocenters. The normalized spacial score (nSPS) is 18.8.